The molecule has 0 aromatic heterocycles. The van der Waals surface area contributed by atoms with Gasteiger partial charge in [0.2, 0.25) is 5.91 Å². The van der Waals surface area contributed by atoms with Gasteiger partial charge in [-0.1, -0.05) is 60.7 Å². The molecule has 1 aliphatic heterocycles. The lowest BCUT2D eigenvalue weighted by Gasteiger charge is -2.35. The SMILES string of the molecule is O=C(C=Cc1ccccc1)N1CCN(c2ccc([N+](=O)[O-])c(NCCc3ccccc3)c2)CC1. The molecule has 3 aromatic rings. The molecule has 1 heterocycles. The lowest BCUT2D eigenvalue weighted by Crippen LogP contribution is -2.48. The second kappa shape index (κ2) is 11.1. The molecule has 3 aromatic carbocycles. The topological polar surface area (TPSA) is 78.7 Å². The third-order valence-electron chi connectivity index (χ3n) is 5.92. The summed E-state index contributed by atoms with van der Waals surface area (Å²) in [6, 6.07) is 25.0. The number of nitrogens with one attached hydrogen (secondary N) is 1. The maximum absolute atomic E-state index is 12.6. The number of carbonyl (C=O) groups is 1. The van der Waals surface area contributed by atoms with Gasteiger partial charge in [-0.2, -0.15) is 0 Å². The molecule has 0 radical (unpaired) electrons. The van der Waals surface area contributed by atoms with E-state index in [0.29, 0.717) is 38.4 Å². The molecule has 1 N–H and O–H groups in total. The fourth-order valence-electron chi connectivity index (χ4n) is 4.03. The van der Waals surface area contributed by atoms with Crippen molar-refractivity contribution in [2.24, 2.45) is 0 Å². The van der Waals surface area contributed by atoms with E-state index in [9.17, 15) is 14.9 Å². The number of nitro groups is 1. The van der Waals surface area contributed by atoms with Crippen molar-refractivity contribution < 1.29 is 9.72 Å². The summed E-state index contributed by atoms with van der Waals surface area (Å²) in [4.78, 5) is 27.7. The van der Waals surface area contributed by atoms with Crippen LogP contribution in [0.5, 0.6) is 0 Å². The minimum atomic E-state index is -0.357. The van der Waals surface area contributed by atoms with Crippen LogP contribution in [0.25, 0.3) is 6.08 Å². The van der Waals surface area contributed by atoms with Crippen LogP contribution < -0.4 is 10.2 Å². The second-order valence-electron chi connectivity index (χ2n) is 8.18. The van der Waals surface area contributed by atoms with Crippen molar-refractivity contribution in [3.63, 3.8) is 0 Å². The summed E-state index contributed by atoms with van der Waals surface area (Å²) in [6.07, 6.45) is 4.23. The summed E-state index contributed by atoms with van der Waals surface area (Å²) in [5, 5.41) is 14.8. The first kappa shape index (κ1) is 23.0. The number of benzene rings is 3. The van der Waals surface area contributed by atoms with E-state index >= 15 is 0 Å². The molecular weight excluding hydrogens is 428 g/mol. The van der Waals surface area contributed by atoms with Gasteiger partial charge in [-0.15, -0.1) is 0 Å². The highest BCUT2D eigenvalue weighted by molar-refractivity contribution is 5.92. The first-order chi connectivity index (χ1) is 16.6. The molecular formula is C27H28N4O3. The van der Waals surface area contributed by atoms with Gasteiger partial charge in [-0.3, -0.25) is 14.9 Å². The summed E-state index contributed by atoms with van der Waals surface area (Å²) in [6.45, 7) is 3.15. The Morgan fingerprint density at radius 1 is 0.941 bits per heavy atom. The predicted octanol–water partition coefficient (Wildman–Crippen LogP) is 4.61. The van der Waals surface area contributed by atoms with Crippen LogP contribution in [0.2, 0.25) is 0 Å². The van der Waals surface area contributed by atoms with Crippen LogP contribution in [-0.2, 0) is 11.2 Å². The number of anilines is 2. The maximum atomic E-state index is 12.6. The average Bonchev–Trinajstić information content (AvgIpc) is 2.88. The van der Waals surface area contributed by atoms with E-state index in [2.05, 4.69) is 10.2 Å². The van der Waals surface area contributed by atoms with Gasteiger partial charge in [0.05, 0.1) is 4.92 Å². The average molecular weight is 457 g/mol. The van der Waals surface area contributed by atoms with Crippen LogP contribution in [0, 0.1) is 10.1 Å². The first-order valence-corrected chi connectivity index (χ1v) is 11.4. The fourth-order valence-corrected chi connectivity index (χ4v) is 4.03. The van der Waals surface area contributed by atoms with Crippen LogP contribution in [0.3, 0.4) is 0 Å². The van der Waals surface area contributed by atoms with E-state index in [0.717, 1.165) is 17.7 Å². The standard InChI is InChI=1S/C27H28N4O3/c32-27(14-11-22-7-3-1-4-8-22)30-19-17-29(18-20-30)24-12-13-26(31(33)34)25(21-24)28-16-15-23-9-5-2-6-10-23/h1-14,21,28H,15-20H2. The molecule has 1 saturated heterocycles. The Morgan fingerprint density at radius 3 is 2.29 bits per heavy atom. The van der Waals surface area contributed by atoms with Gasteiger partial charge in [0.25, 0.3) is 5.69 Å². The van der Waals surface area contributed by atoms with E-state index in [1.54, 1.807) is 18.2 Å². The molecule has 1 aliphatic rings. The van der Waals surface area contributed by atoms with Crippen LogP contribution in [0.1, 0.15) is 11.1 Å². The molecule has 0 saturated carbocycles. The summed E-state index contributed by atoms with van der Waals surface area (Å²) >= 11 is 0. The Kier molecular flexibility index (Phi) is 7.55. The molecule has 0 spiro atoms. The van der Waals surface area contributed by atoms with E-state index in [-0.39, 0.29) is 16.5 Å². The Hall–Kier alpha value is -4.13. The molecule has 0 aliphatic carbocycles. The summed E-state index contributed by atoms with van der Waals surface area (Å²) in [7, 11) is 0. The quantitative estimate of drug-likeness (QED) is 0.304. The van der Waals surface area contributed by atoms with Gasteiger partial charge < -0.3 is 15.1 Å². The van der Waals surface area contributed by atoms with E-state index in [1.807, 2.05) is 77.7 Å². The number of rotatable bonds is 8. The first-order valence-electron chi connectivity index (χ1n) is 11.4. The van der Waals surface area contributed by atoms with Crippen molar-refractivity contribution in [2.75, 3.05) is 42.9 Å². The monoisotopic (exact) mass is 456 g/mol. The van der Waals surface area contributed by atoms with Gasteiger partial charge in [0, 0.05) is 50.6 Å². The van der Waals surface area contributed by atoms with Gasteiger partial charge in [-0.05, 0) is 35.8 Å². The third-order valence-corrected chi connectivity index (χ3v) is 5.92. The highest BCUT2D eigenvalue weighted by Crippen LogP contribution is 2.30. The molecule has 7 nitrogen and oxygen atoms in total. The van der Waals surface area contributed by atoms with Crippen LogP contribution in [-0.4, -0.2) is 48.5 Å². The van der Waals surface area contributed by atoms with Gasteiger partial charge >= 0.3 is 0 Å². The Morgan fingerprint density at radius 2 is 1.62 bits per heavy atom. The number of carbonyl (C=O) groups excluding carboxylic acids is 1. The van der Waals surface area contributed by atoms with E-state index in [1.165, 1.54) is 5.56 Å². The van der Waals surface area contributed by atoms with Crippen LogP contribution >= 0.6 is 0 Å². The molecule has 0 atom stereocenters. The zero-order valence-corrected chi connectivity index (χ0v) is 19.0. The molecule has 0 bridgehead atoms. The van der Waals surface area contributed by atoms with Crippen molar-refractivity contribution >= 4 is 29.0 Å². The van der Waals surface area contributed by atoms with Crippen molar-refractivity contribution in [3.05, 3.63) is 106 Å². The fraction of sp³-hybridized carbons (Fsp3) is 0.222. The number of nitrogens with zero attached hydrogens (tertiary/aromatic N) is 3. The Bertz CT molecular complexity index is 1140. The minimum absolute atomic E-state index is 0.00419. The normalized spacial score (nSPS) is 13.8. The van der Waals surface area contributed by atoms with Crippen LogP contribution in [0.4, 0.5) is 17.1 Å². The molecule has 4 rings (SSSR count). The number of hydrogen-bond donors (Lipinski definition) is 1. The highest BCUT2D eigenvalue weighted by atomic mass is 16.6. The van der Waals surface area contributed by atoms with Gasteiger partial charge in [-0.25, -0.2) is 0 Å². The van der Waals surface area contributed by atoms with E-state index < -0.39 is 0 Å². The number of nitro benzene ring substituents is 1. The smallest absolute Gasteiger partial charge is 0.292 e. The molecule has 34 heavy (non-hydrogen) atoms. The van der Waals surface area contributed by atoms with Crippen molar-refractivity contribution in [1.29, 1.82) is 0 Å². The lowest BCUT2D eigenvalue weighted by atomic mass is 10.1. The summed E-state index contributed by atoms with van der Waals surface area (Å²) < 4.78 is 0. The highest BCUT2D eigenvalue weighted by Gasteiger charge is 2.22. The number of piperazine rings is 1. The van der Waals surface area contributed by atoms with Gasteiger partial charge in [0.1, 0.15) is 5.69 Å². The zero-order valence-electron chi connectivity index (χ0n) is 19.0. The molecule has 7 heteroatoms. The second-order valence-corrected chi connectivity index (χ2v) is 8.18. The van der Waals surface area contributed by atoms with Crippen molar-refractivity contribution in [3.8, 4) is 0 Å². The summed E-state index contributed by atoms with van der Waals surface area (Å²) in [5.41, 5.74) is 3.67. The van der Waals surface area contributed by atoms with Crippen molar-refractivity contribution in [2.45, 2.75) is 6.42 Å². The van der Waals surface area contributed by atoms with Crippen LogP contribution in [0.15, 0.2) is 84.9 Å². The Labute approximate surface area is 199 Å². The van der Waals surface area contributed by atoms with Crippen molar-refractivity contribution in [1.82, 2.24) is 4.90 Å². The van der Waals surface area contributed by atoms with E-state index in [4.69, 9.17) is 0 Å². The summed E-state index contributed by atoms with van der Waals surface area (Å²) in [5.74, 6) is -0.00419. The zero-order chi connectivity index (χ0) is 23.8. The largest absolute Gasteiger partial charge is 0.379 e. The molecule has 174 valence electrons. The minimum Gasteiger partial charge on any atom is -0.379 e. The van der Waals surface area contributed by atoms with Gasteiger partial charge in [0.15, 0.2) is 0 Å². The maximum Gasteiger partial charge on any atom is 0.292 e. The molecule has 1 fully saturated rings. The predicted molar refractivity (Wildman–Crippen MR) is 136 cm³/mol. The number of amides is 1. The lowest BCUT2D eigenvalue weighted by molar-refractivity contribution is -0.383. The Balaban J connectivity index is 1.36. The molecule has 0 unspecified atom stereocenters. The number of hydrogen-bond acceptors (Lipinski definition) is 5. The third kappa shape index (κ3) is 6.01. The molecule has 1 amide bonds.